The van der Waals surface area contributed by atoms with Gasteiger partial charge in [-0.25, -0.2) is 0 Å². The van der Waals surface area contributed by atoms with E-state index in [9.17, 15) is 4.79 Å². The normalized spacial score (nSPS) is 12.6. The molecule has 0 bridgehead atoms. The highest BCUT2D eigenvalue weighted by molar-refractivity contribution is 7.17. The van der Waals surface area contributed by atoms with Crippen LogP contribution in [-0.4, -0.2) is 24.1 Å². The maximum absolute atomic E-state index is 12.3. The molecule has 3 aromatic rings. The van der Waals surface area contributed by atoms with E-state index in [1.54, 1.807) is 12.4 Å². The molecule has 126 valence electrons. The number of amides is 1. The summed E-state index contributed by atoms with van der Waals surface area (Å²) in [5.74, 6) is 1.44. The molecule has 0 spiro atoms. The summed E-state index contributed by atoms with van der Waals surface area (Å²) in [6, 6.07) is 13.4. The number of hydrogen-bond acceptors (Lipinski definition) is 5. The van der Waals surface area contributed by atoms with Gasteiger partial charge in [0.1, 0.15) is 13.2 Å². The Kier molecular flexibility index (Phi) is 4.35. The first-order valence-corrected chi connectivity index (χ1v) is 8.78. The average molecular weight is 352 g/mol. The van der Waals surface area contributed by atoms with E-state index in [4.69, 9.17) is 9.47 Å². The number of fused-ring (bicyclic) bond motifs is 1. The van der Waals surface area contributed by atoms with Crippen molar-refractivity contribution in [3.8, 4) is 21.9 Å². The van der Waals surface area contributed by atoms with Crippen LogP contribution in [0.15, 0.2) is 54.9 Å². The van der Waals surface area contributed by atoms with E-state index in [1.807, 2.05) is 42.5 Å². The van der Waals surface area contributed by atoms with E-state index in [2.05, 4.69) is 10.3 Å². The summed E-state index contributed by atoms with van der Waals surface area (Å²) in [4.78, 5) is 18.0. The lowest BCUT2D eigenvalue weighted by molar-refractivity contribution is 0.0955. The molecule has 1 amide bonds. The fraction of sp³-hybridized carbons (Fsp3) is 0.158. The summed E-state index contributed by atoms with van der Waals surface area (Å²) in [7, 11) is 0. The van der Waals surface area contributed by atoms with Crippen molar-refractivity contribution in [2.75, 3.05) is 13.2 Å². The zero-order valence-corrected chi connectivity index (χ0v) is 14.2. The Morgan fingerprint density at radius 1 is 1.04 bits per heavy atom. The monoisotopic (exact) mass is 352 g/mol. The van der Waals surface area contributed by atoms with Crippen molar-refractivity contribution in [2.24, 2.45) is 0 Å². The van der Waals surface area contributed by atoms with Gasteiger partial charge in [0.15, 0.2) is 11.5 Å². The molecule has 0 fully saturated rings. The summed E-state index contributed by atoms with van der Waals surface area (Å²) in [6.45, 7) is 1.62. The summed E-state index contributed by atoms with van der Waals surface area (Å²) in [5, 5.41) is 2.93. The van der Waals surface area contributed by atoms with Crippen molar-refractivity contribution in [3.05, 3.63) is 65.3 Å². The second-order valence-electron chi connectivity index (χ2n) is 5.56. The maximum atomic E-state index is 12.3. The molecule has 0 atom stereocenters. The third-order valence-corrected chi connectivity index (χ3v) is 4.99. The van der Waals surface area contributed by atoms with Crippen LogP contribution in [-0.2, 0) is 6.54 Å². The van der Waals surface area contributed by atoms with E-state index in [0.717, 1.165) is 27.5 Å². The van der Waals surface area contributed by atoms with Gasteiger partial charge in [-0.3, -0.25) is 9.78 Å². The Hall–Kier alpha value is -2.86. The van der Waals surface area contributed by atoms with E-state index < -0.39 is 0 Å². The number of benzene rings is 1. The first-order chi connectivity index (χ1) is 12.3. The molecule has 6 heteroatoms. The topological polar surface area (TPSA) is 60.5 Å². The number of hydrogen-bond donors (Lipinski definition) is 1. The van der Waals surface area contributed by atoms with Gasteiger partial charge in [-0.15, -0.1) is 11.3 Å². The molecule has 0 radical (unpaired) electrons. The Bertz CT molecular complexity index is 893. The SMILES string of the molecule is O=C(NCc1ccncc1)c1ccc(-c2ccc3c(c2)OCCO3)s1. The quantitative estimate of drug-likeness (QED) is 0.781. The van der Waals surface area contributed by atoms with Crippen LogP contribution in [0.3, 0.4) is 0 Å². The van der Waals surface area contributed by atoms with Gasteiger partial charge in [-0.2, -0.15) is 0 Å². The molecule has 1 aromatic carbocycles. The van der Waals surface area contributed by atoms with E-state index >= 15 is 0 Å². The van der Waals surface area contributed by atoms with Crippen molar-refractivity contribution in [1.29, 1.82) is 0 Å². The number of nitrogens with zero attached hydrogens (tertiary/aromatic N) is 1. The largest absolute Gasteiger partial charge is 0.486 e. The number of pyridine rings is 1. The second kappa shape index (κ2) is 6.94. The smallest absolute Gasteiger partial charge is 0.261 e. The standard InChI is InChI=1S/C19H16N2O3S/c22-19(21-12-13-5-7-20-8-6-13)18-4-3-17(25-18)14-1-2-15-16(11-14)24-10-9-23-15/h1-8,11H,9-10,12H2,(H,21,22). The van der Waals surface area contributed by atoms with Crippen LogP contribution in [0.5, 0.6) is 11.5 Å². The molecule has 0 unspecified atom stereocenters. The minimum Gasteiger partial charge on any atom is -0.486 e. The Balaban J connectivity index is 1.47. The minimum absolute atomic E-state index is 0.0781. The van der Waals surface area contributed by atoms with Gasteiger partial charge in [0.05, 0.1) is 4.88 Å². The van der Waals surface area contributed by atoms with Gasteiger partial charge in [0, 0.05) is 23.8 Å². The van der Waals surface area contributed by atoms with Gasteiger partial charge in [0.2, 0.25) is 0 Å². The van der Waals surface area contributed by atoms with Gasteiger partial charge >= 0.3 is 0 Å². The molecule has 1 aliphatic heterocycles. The van der Waals surface area contributed by atoms with Crippen LogP contribution in [0.4, 0.5) is 0 Å². The van der Waals surface area contributed by atoms with Crippen LogP contribution in [0.1, 0.15) is 15.2 Å². The fourth-order valence-electron chi connectivity index (χ4n) is 2.58. The van der Waals surface area contributed by atoms with E-state index in [0.29, 0.717) is 24.6 Å². The van der Waals surface area contributed by atoms with Crippen LogP contribution < -0.4 is 14.8 Å². The molecule has 5 nitrogen and oxygen atoms in total. The van der Waals surface area contributed by atoms with Crippen molar-refractivity contribution in [1.82, 2.24) is 10.3 Å². The molecule has 4 rings (SSSR count). The third-order valence-electron chi connectivity index (χ3n) is 3.86. The number of ether oxygens (including phenoxy) is 2. The highest BCUT2D eigenvalue weighted by Gasteiger charge is 2.15. The highest BCUT2D eigenvalue weighted by Crippen LogP contribution is 2.36. The first kappa shape index (κ1) is 15.7. The van der Waals surface area contributed by atoms with Crippen LogP contribution in [0.25, 0.3) is 10.4 Å². The number of thiophene rings is 1. The Labute approximate surface area is 149 Å². The Morgan fingerprint density at radius 2 is 1.84 bits per heavy atom. The van der Waals surface area contributed by atoms with Crippen molar-refractivity contribution >= 4 is 17.2 Å². The maximum Gasteiger partial charge on any atom is 0.261 e. The van der Waals surface area contributed by atoms with Gasteiger partial charge in [-0.1, -0.05) is 0 Å². The average Bonchev–Trinajstić information content (AvgIpc) is 3.17. The number of nitrogens with one attached hydrogen (secondary N) is 1. The van der Waals surface area contributed by atoms with Crippen LogP contribution in [0.2, 0.25) is 0 Å². The fourth-order valence-corrected chi connectivity index (χ4v) is 3.50. The highest BCUT2D eigenvalue weighted by atomic mass is 32.1. The summed E-state index contributed by atoms with van der Waals surface area (Å²) in [6.07, 6.45) is 3.43. The molecular formula is C19H16N2O3S. The molecule has 0 saturated carbocycles. The molecule has 1 aliphatic rings. The minimum atomic E-state index is -0.0781. The van der Waals surface area contributed by atoms with Crippen LogP contribution in [0, 0.1) is 0 Å². The van der Waals surface area contributed by atoms with Crippen molar-refractivity contribution in [2.45, 2.75) is 6.54 Å². The summed E-state index contributed by atoms with van der Waals surface area (Å²) in [5.41, 5.74) is 2.04. The summed E-state index contributed by atoms with van der Waals surface area (Å²) < 4.78 is 11.2. The third kappa shape index (κ3) is 3.49. The van der Waals surface area contributed by atoms with Crippen molar-refractivity contribution in [3.63, 3.8) is 0 Å². The lowest BCUT2D eigenvalue weighted by Gasteiger charge is -2.18. The van der Waals surface area contributed by atoms with Gasteiger partial charge in [0.25, 0.3) is 5.91 Å². The molecule has 1 N–H and O–H groups in total. The van der Waals surface area contributed by atoms with E-state index in [1.165, 1.54) is 11.3 Å². The number of carbonyl (C=O) groups is 1. The lowest BCUT2D eigenvalue weighted by Crippen LogP contribution is -2.21. The summed E-state index contributed by atoms with van der Waals surface area (Å²) >= 11 is 1.46. The number of carbonyl (C=O) groups excluding carboxylic acids is 1. The predicted octanol–water partition coefficient (Wildman–Crippen LogP) is 3.51. The first-order valence-electron chi connectivity index (χ1n) is 7.96. The number of rotatable bonds is 4. The predicted molar refractivity (Wildman–Crippen MR) is 96.2 cm³/mol. The molecule has 3 heterocycles. The zero-order chi connectivity index (χ0) is 17.1. The molecule has 2 aromatic heterocycles. The number of aromatic nitrogens is 1. The van der Waals surface area contributed by atoms with E-state index in [-0.39, 0.29) is 5.91 Å². The lowest BCUT2D eigenvalue weighted by atomic mass is 10.1. The van der Waals surface area contributed by atoms with Gasteiger partial charge in [-0.05, 0) is 53.6 Å². The van der Waals surface area contributed by atoms with Crippen LogP contribution >= 0.6 is 11.3 Å². The second-order valence-corrected chi connectivity index (χ2v) is 6.64. The van der Waals surface area contributed by atoms with Crippen molar-refractivity contribution < 1.29 is 14.3 Å². The van der Waals surface area contributed by atoms with Gasteiger partial charge < -0.3 is 14.8 Å². The Morgan fingerprint density at radius 3 is 2.68 bits per heavy atom. The molecule has 0 saturated heterocycles. The molecule has 0 aliphatic carbocycles. The molecular weight excluding hydrogens is 336 g/mol. The zero-order valence-electron chi connectivity index (χ0n) is 13.4. The molecule has 25 heavy (non-hydrogen) atoms.